The van der Waals surface area contributed by atoms with Crippen molar-refractivity contribution in [1.29, 1.82) is 0 Å². The number of rotatable bonds is 8. The molecule has 1 N–H and O–H groups in total. The Morgan fingerprint density at radius 3 is 2.79 bits per heavy atom. The molecule has 0 bridgehead atoms. The van der Waals surface area contributed by atoms with Gasteiger partial charge >= 0.3 is 0 Å². The van der Waals surface area contributed by atoms with Crippen molar-refractivity contribution < 1.29 is 0 Å². The molecule has 0 aromatic heterocycles. The molecule has 0 atom stereocenters. The molecule has 2 heteroatoms. The molecule has 0 heterocycles. The maximum Gasteiger partial charge on any atom is 0.0599 e. The summed E-state index contributed by atoms with van der Waals surface area (Å²) < 4.78 is 0. The van der Waals surface area contributed by atoms with Crippen LogP contribution in [-0.2, 0) is 0 Å². The molecule has 0 aromatic rings. The molecule has 0 radical (unpaired) electrons. The van der Waals surface area contributed by atoms with E-state index < -0.39 is 0 Å². The lowest BCUT2D eigenvalue weighted by Crippen LogP contribution is -2.34. The van der Waals surface area contributed by atoms with Crippen LogP contribution >= 0.6 is 0 Å². The summed E-state index contributed by atoms with van der Waals surface area (Å²) in [4.78, 5) is 2.39. The van der Waals surface area contributed by atoms with Crippen LogP contribution < -0.4 is 5.32 Å². The van der Waals surface area contributed by atoms with Gasteiger partial charge in [0, 0.05) is 19.6 Å². The minimum atomic E-state index is 0.810. The molecule has 0 aliphatic heterocycles. The van der Waals surface area contributed by atoms with E-state index in [9.17, 15) is 0 Å². The summed E-state index contributed by atoms with van der Waals surface area (Å²) in [7, 11) is 0. The molecule has 1 rings (SSSR count). The van der Waals surface area contributed by atoms with Gasteiger partial charge in [-0.3, -0.25) is 4.90 Å². The third-order valence-electron chi connectivity index (χ3n) is 2.56. The average Bonchev–Trinajstić information content (AvgIpc) is 2.96. The molecule has 0 saturated heterocycles. The van der Waals surface area contributed by atoms with Crippen molar-refractivity contribution in [2.75, 3.05) is 32.7 Å². The fourth-order valence-electron chi connectivity index (χ4n) is 1.57. The first kappa shape index (κ1) is 11.6. The van der Waals surface area contributed by atoms with Gasteiger partial charge in [0.15, 0.2) is 0 Å². The van der Waals surface area contributed by atoms with E-state index in [0.717, 1.165) is 32.1 Å². The van der Waals surface area contributed by atoms with Gasteiger partial charge in [0.1, 0.15) is 0 Å². The molecular weight excluding hydrogens is 172 g/mol. The lowest BCUT2D eigenvalue weighted by molar-refractivity contribution is 0.293. The molecule has 1 aliphatic carbocycles. The van der Waals surface area contributed by atoms with E-state index in [-0.39, 0.29) is 0 Å². The van der Waals surface area contributed by atoms with Crippen LogP contribution in [0.15, 0.2) is 0 Å². The predicted octanol–water partition coefficient (Wildman–Crippen LogP) is 1.33. The fourth-order valence-corrected chi connectivity index (χ4v) is 1.57. The topological polar surface area (TPSA) is 15.3 Å². The highest BCUT2D eigenvalue weighted by atomic mass is 15.1. The molecule has 14 heavy (non-hydrogen) atoms. The lowest BCUT2D eigenvalue weighted by Gasteiger charge is -2.19. The Kier molecular flexibility index (Phi) is 5.66. The second-order valence-electron chi connectivity index (χ2n) is 4.13. The molecule has 1 fully saturated rings. The number of hydrogen-bond acceptors (Lipinski definition) is 2. The monoisotopic (exact) mass is 194 g/mol. The van der Waals surface area contributed by atoms with E-state index in [1.807, 2.05) is 0 Å². The van der Waals surface area contributed by atoms with E-state index in [1.165, 1.54) is 25.8 Å². The molecule has 0 unspecified atom stereocenters. The highest BCUT2D eigenvalue weighted by Gasteiger charge is 2.23. The van der Waals surface area contributed by atoms with Gasteiger partial charge in [-0.1, -0.05) is 12.8 Å². The van der Waals surface area contributed by atoms with Crippen LogP contribution in [0.3, 0.4) is 0 Å². The van der Waals surface area contributed by atoms with E-state index in [2.05, 4.69) is 23.1 Å². The SMILES string of the molecule is C#CCN(CCNCCC)CC1CC1. The van der Waals surface area contributed by atoms with Crippen molar-refractivity contribution in [3.05, 3.63) is 0 Å². The second kappa shape index (κ2) is 6.86. The molecule has 1 saturated carbocycles. The summed E-state index contributed by atoms with van der Waals surface area (Å²) in [6.45, 7) is 7.50. The zero-order valence-electron chi connectivity index (χ0n) is 9.26. The van der Waals surface area contributed by atoms with E-state index in [4.69, 9.17) is 6.42 Å². The normalized spacial score (nSPS) is 15.8. The number of hydrogen-bond donors (Lipinski definition) is 1. The van der Waals surface area contributed by atoms with Gasteiger partial charge in [-0.15, -0.1) is 6.42 Å². The number of terminal acetylenes is 1. The van der Waals surface area contributed by atoms with Crippen LogP contribution in [0, 0.1) is 18.3 Å². The highest BCUT2D eigenvalue weighted by Crippen LogP contribution is 2.29. The van der Waals surface area contributed by atoms with Crippen LogP contribution in [-0.4, -0.2) is 37.6 Å². The first-order chi connectivity index (χ1) is 6.86. The maximum absolute atomic E-state index is 5.34. The zero-order valence-corrected chi connectivity index (χ0v) is 9.26. The predicted molar refractivity (Wildman–Crippen MR) is 61.2 cm³/mol. The minimum Gasteiger partial charge on any atom is -0.315 e. The highest BCUT2D eigenvalue weighted by molar-refractivity contribution is 4.90. The quantitative estimate of drug-likeness (QED) is 0.463. The summed E-state index contributed by atoms with van der Waals surface area (Å²) in [6, 6.07) is 0. The fraction of sp³-hybridized carbons (Fsp3) is 0.833. The Morgan fingerprint density at radius 2 is 2.21 bits per heavy atom. The van der Waals surface area contributed by atoms with Crippen molar-refractivity contribution in [3.8, 4) is 12.3 Å². The molecule has 80 valence electrons. The van der Waals surface area contributed by atoms with Gasteiger partial charge in [0.05, 0.1) is 6.54 Å². The standard InChI is InChI=1S/C12H22N2/c1-3-7-13-8-10-14(9-4-2)11-12-5-6-12/h2,12-13H,3,5-11H2,1H3. The first-order valence-electron chi connectivity index (χ1n) is 5.73. The number of nitrogens with zero attached hydrogens (tertiary/aromatic N) is 1. The Balaban J connectivity index is 2.04. The summed E-state index contributed by atoms with van der Waals surface area (Å²) in [6.07, 6.45) is 9.36. The van der Waals surface area contributed by atoms with Gasteiger partial charge in [-0.2, -0.15) is 0 Å². The molecule has 1 aliphatic rings. The van der Waals surface area contributed by atoms with E-state index in [0.29, 0.717) is 0 Å². The Labute approximate surface area is 88.1 Å². The van der Waals surface area contributed by atoms with Crippen LogP contribution in [0.5, 0.6) is 0 Å². The lowest BCUT2D eigenvalue weighted by atomic mass is 10.3. The van der Waals surface area contributed by atoms with E-state index in [1.54, 1.807) is 0 Å². The summed E-state index contributed by atoms with van der Waals surface area (Å²) >= 11 is 0. The van der Waals surface area contributed by atoms with Crippen molar-refractivity contribution in [3.63, 3.8) is 0 Å². The Morgan fingerprint density at radius 1 is 1.43 bits per heavy atom. The molecule has 0 spiro atoms. The smallest absolute Gasteiger partial charge is 0.0599 e. The molecule has 0 amide bonds. The van der Waals surface area contributed by atoms with Crippen molar-refractivity contribution in [2.24, 2.45) is 5.92 Å². The van der Waals surface area contributed by atoms with Crippen molar-refractivity contribution in [1.82, 2.24) is 10.2 Å². The molecule has 0 aromatic carbocycles. The zero-order chi connectivity index (χ0) is 10.2. The van der Waals surface area contributed by atoms with E-state index >= 15 is 0 Å². The third-order valence-corrected chi connectivity index (χ3v) is 2.56. The van der Waals surface area contributed by atoms with Gasteiger partial charge in [0.2, 0.25) is 0 Å². The van der Waals surface area contributed by atoms with Crippen molar-refractivity contribution >= 4 is 0 Å². The maximum atomic E-state index is 5.34. The molecular formula is C12H22N2. The summed E-state index contributed by atoms with van der Waals surface area (Å²) in [5, 5.41) is 3.41. The largest absolute Gasteiger partial charge is 0.315 e. The summed E-state index contributed by atoms with van der Waals surface area (Å²) in [5.41, 5.74) is 0. The van der Waals surface area contributed by atoms with Gasteiger partial charge in [0.25, 0.3) is 0 Å². The van der Waals surface area contributed by atoms with Crippen LogP contribution in [0.2, 0.25) is 0 Å². The van der Waals surface area contributed by atoms with Crippen LogP contribution in [0.4, 0.5) is 0 Å². The summed E-state index contributed by atoms with van der Waals surface area (Å²) in [5.74, 6) is 3.68. The van der Waals surface area contributed by atoms with Gasteiger partial charge in [-0.25, -0.2) is 0 Å². The Hall–Kier alpha value is -0.520. The molecule has 2 nitrogen and oxygen atoms in total. The van der Waals surface area contributed by atoms with Crippen LogP contribution in [0.25, 0.3) is 0 Å². The second-order valence-corrected chi connectivity index (χ2v) is 4.13. The van der Waals surface area contributed by atoms with Crippen molar-refractivity contribution in [2.45, 2.75) is 26.2 Å². The van der Waals surface area contributed by atoms with Gasteiger partial charge < -0.3 is 5.32 Å². The Bertz CT molecular complexity index is 179. The average molecular weight is 194 g/mol. The third kappa shape index (κ3) is 5.26. The minimum absolute atomic E-state index is 0.810. The number of nitrogens with one attached hydrogen (secondary N) is 1. The first-order valence-corrected chi connectivity index (χ1v) is 5.73. The van der Waals surface area contributed by atoms with Crippen LogP contribution in [0.1, 0.15) is 26.2 Å². The van der Waals surface area contributed by atoms with Gasteiger partial charge in [-0.05, 0) is 31.7 Å².